The minimum absolute atomic E-state index is 0.0864. The zero-order valence-electron chi connectivity index (χ0n) is 20.1. The second-order valence-electron chi connectivity index (χ2n) is 10.5. The van der Waals surface area contributed by atoms with E-state index in [4.69, 9.17) is 11.6 Å². The van der Waals surface area contributed by atoms with Crippen molar-refractivity contribution in [3.8, 4) is 12.1 Å². The first kappa shape index (κ1) is 23.9. The third-order valence-electron chi connectivity index (χ3n) is 8.59. The number of aryl methyl sites for hydroxylation is 3. The molecule has 33 heavy (non-hydrogen) atoms. The fourth-order valence-corrected chi connectivity index (χ4v) is 6.92. The maximum Gasteiger partial charge on any atom is 0.101 e. The quantitative estimate of drug-likeness (QED) is 0.400. The van der Waals surface area contributed by atoms with Crippen LogP contribution in [-0.4, -0.2) is 0 Å². The standard InChI is InChI=1S/C30H35ClN2/c1-3-5-22-6-7-24(28(31)19-22)9-8-23-10-11-27(26(21-33)25(23)20-32)30-16-13-29(12-4-2,14-17-30)15-18-30/h6-7,10-11,19H,3-5,8-9,12-18H2,1-2H3. The maximum atomic E-state index is 10.1. The van der Waals surface area contributed by atoms with Crippen LogP contribution in [0.5, 0.6) is 0 Å². The highest BCUT2D eigenvalue weighted by atomic mass is 35.5. The Labute approximate surface area is 204 Å². The lowest BCUT2D eigenvalue weighted by atomic mass is 9.50. The average Bonchev–Trinajstić information content (AvgIpc) is 2.84. The van der Waals surface area contributed by atoms with Crippen molar-refractivity contribution in [2.45, 2.75) is 96.3 Å². The Bertz CT molecular complexity index is 1080. The highest BCUT2D eigenvalue weighted by molar-refractivity contribution is 6.31. The fourth-order valence-electron chi connectivity index (χ4n) is 6.62. The molecule has 0 heterocycles. The normalized spacial score (nSPS) is 23.8. The highest BCUT2D eigenvalue weighted by Gasteiger charge is 2.49. The molecule has 2 aromatic carbocycles. The molecule has 2 nitrogen and oxygen atoms in total. The minimum Gasteiger partial charge on any atom is -0.192 e. The summed E-state index contributed by atoms with van der Waals surface area (Å²) in [5.41, 5.74) is 6.31. The van der Waals surface area contributed by atoms with Gasteiger partial charge in [-0.15, -0.1) is 0 Å². The van der Waals surface area contributed by atoms with Crippen LogP contribution in [0.15, 0.2) is 30.3 Å². The predicted octanol–water partition coefficient (Wildman–Crippen LogP) is 8.21. The summed E-state index contributed by atoms with van der Waals surface area (Å²) in [7, 11) is 0. The molecule has 0 amide bonds. The second kappa shape index (κ2) is 9.91. The summed E-state index contributed by atoms with van der Waals surface area (Å²) in [6.07, 6.45) is 13.5. The molecular formula is C30H35ClN2. The molecule has 0 spiro atoms. The summed E-state index contributed by atoms with van der Waals surface area (Å²) in [5, 5.41) is 21.0. The lowest BCUT2D eigenvalue weighted by molar-refractivity contribution is 0.0319. The summed E-state index contributed by atoms with van der Waals surface area (Å²) in [5.74, 6) is 0. The molecule has 0 atom stereocenters. The van der Waals surface area contributed by atoms with Gasteiger partial charge < -0.3 is 0 Å². The van der Waals surface area contributed by atoms with Crippen LogP contribution in [0.2, 0.25) is 5.02 Å². The number of hydrogen-bond donors (Lipinski definition) is 0. The minimum atomic E-state index is 0.0864. The van der Waals surface area contributed by atoms with E-state index < -0.39 is 0 Å². The maximum absolute atomic E-state index is 10.1. The largest absolute Gasteiger partial charge is 0.192 e. The number of hydrogen-bond acceptors (Lipinski definition) is 2. The molecule has 3 fully saturated rings. The smallest absolute Gasteiger partial charge is 0.101 e. The highest BCUT2D eigenvalue weighted by Crippen LogP contribution is 2.60. The van der Waals surface area contributed by atoms with Crippen molar-refractivity contribution < 1.29 is 0 Å². The Morgan fingerprint density at radius 2 is 1.42 bits per heavy atom. The molecule has 172 valence electrons. The summed E-state index contributed by atoms with van der Waals surface area (Å²) >= 11 is 6.55. The van der Waals surface area contributed by atoms with Gasteiger partial charge in [-0.05, 0) is 103 Å². The number of rotatable bonds is 8. The molecule has 3 aliphatic carbocycles. The van der Waals surface area contributed by atoms with Gasteiger partial charge in [-0.3, -0.25) is 0 Å². The molecule has 2 bridgehead atoms. The van der Waals surface area contributed by atoms with Crippen LogP contribution in [0.1, 0.15) is 105 Å². The van der Waals surface area contributed by atoms with E-state index in [2.05, 4.69) is 56.3 Å². The molecular weight excluding hydrogens is 424 g/mol. The van der Waals surface area contributed by atoms with Crippen molar-refractivity contribution >= 4 is 11.6 Å². The SMILES string of the molecule is CCCc1ccc(CCc2ccc(C34CCC(CCC)(CC3)CC4)c(C#N)c2C#N)c(Cl)c1. The van der Waals surface area contributed by atoms with Crippen LogP contribution in [0.4, 0.5) is 0 Å². The molecule has 0 saturated heterocycles. The van der Waals surface area contributed by atoms with E-state index in [0.717, 1.165) is 66.7 Å². The van der Waals surface area contributed by atoms with Crippen LogP contribution >= 0.6 is 11.6 Å². The number of nitriles is 2. The van der Waals surface area contributed by atoms with Gasteiger partial charge in [-0.25, -0.2) is 0 Å². The van der Waals surface area contributed by atoms with Crippen molar-refractivity contribution in [3.63, 3.8) is 0 Å². The van der Waals surface area contributed by atoms with E-state index in [9.17, 15) is 10.5 Å². The first-order chi connectivity index (χ1) is 16.0. The molecule has 3 aliphatic rings. The van der Waals surface area contributed by atoms with Crippen molar-refractivity contribution in [2.24, 2.45) is 5.41 Å². The molecule has 3 heteroatoms. The van der Waals surface area contributed by atoms with Gasteiger partial charge in [0.25, 0.3) is 0 Å². The first-order valence-electron chi connectivity index (χ1n) is 12.7. The molecule has 0 unspecified atom stereocenters. The Morgan fingerprint density at radius 1 is 0.788 bits per heavy atom. The van der Waals surface area contributed by atoms with Crippen LogP contribution < -0.4 is 0 Å². The monoisotopic (exact) mass is 458 g/mol. The number of benzene rings is 2. The fraction of sp³-hybridized carbons (Fsp3) is 0.533. The van der Waals surface area contributed by atoms with E-state index in [-0.39, 0.29) is 5.41 Å². The van der Waals surface area contributed by atoms with Gasteiger partial charge in [0.1, 0.15) is 12.1 Å². The number of nitrogens with zero attached hydrogens (tertiary/aromatic N) is 2. The molecule has 0 aliphatic heterocycles. The van der Waals surface area contributed by atoms with Crippen LogP contribution in [0, 0.1) is 28.1 Å². The Morgan fingerprint density at radius 3 is 2.00 bits per heavy atom. The molecule has 3 saturated carbocycles. The number of fused-ring (bicyclic) bond motifs is 3. The summed E-state index contributed by atoms with van der Waals surface area (Å²) in [6, 6.07) is 15.5. The van der Waals surface area contributed by atoms with Gasteiger partial charge in [-0.1, -0.05) is 62.6 Å². The molecule has 5 rings (SSSR count). The lowest BCUT2D eigenvalue weighted by Gasteiger charge is -2.54. The van der Waals surface area contributed by atoms with Gasteiger partial charge in [0.2, 0.25) is 0 Å². The Hall–Kier alpha value is -2.29. The molecule has 0 aromatic heterocycles. The topological polar surface area (TPSA) is 47.6 Å². The van der Waals surface area contributed by atoms with Gasteiger partial charge >= 0.3 is 0 Å². The zero-order valence-corrected chi connectivity index (χ0v) is 20.9. The Balaban J connectivity index is 1.58. The third kappa shape index (κ3) is 4.56. The van der Waals surface area contributed by atoms with Gasteiger partial charge in [-0.2, -0.15) is 10.5 Å². The van der Waals surface area contributed by atoms with Crippen molar-refractivity contribution in [1.82, 2.24) is 0 Å². The third-order valence-corrected chi connectivity index (χ3v) is 8.94. The van der Waals surface area contributed by atoms with E-state index in [0.29, 0.717) is 16.5 Å². The molecule has 0 N–H and O–H groups in total. The van der Waals surface area contributed by atoms with E-state index in [1.54, 1.807) is 0 Å². The van der Waals surface area contributed by atoms with Crippen LogP contribution in [0.3, 0.4) is 0 Å². The van der Waals surface area contributed by atoms with Crippen LogP contribution in [-0.2, 0) is 24.7 Å². The summed E-state index contributed by atoms with van der Waals surface area (Å²) in [4.78, 5) is 0. The van der Waals surface area contributed by atoms with E-state index in [1.165, 1.54) is 37.7 Å². The van der Waals surface area contributed by atoms with Gasteiger partial charge in [0.15, 0.2) is 0 Å². The van der Waals surface area contributed by atoms with E-state index >= 15 is 0 Å². The van der Waals surface area contributed by atoms with Gasteiger partial charge in [0.05, 0.1) is 11.1 Å². The first-order valence-corrected chi connectivity index (χ1v) is 13.1. The van der Waals surface area contributed by atoms with Crippen molar-refractivity contribution in [2.75, 3.05) is 0 Å². The Kier molecular flexibility index (Phi) is 7.16. The van der Waals surface area contributed by atoms with Crippen molar-refractivity contribution in [3.05, 3.63) is 68.7 Å². The zero-order chi connectivity index (χ0) is 23.5. The van der Waals surface area contributed by atoms with Crippen LogP contribution in [0.25, 0.3) is 0 Å². The second-order valence-corrected chi connectivity index (χ2v) is 10.9. The average molecular weight is 459 g/mol. The predicted molar refractivity (Wildman–Crippen MR) is 135 cm³/mol. The summed E-state index contributed by atoms with van der Waals surface area (Å²) < 4.78 is 0. The lowest BCUT2D eigenvalue weighted by Crippen LogP contribution is -2.44. The molecule has 2 aromatic rings. The van der Waals surface area contributed by atoms with E-state index in [1.807, 2.05) is 0 Å². The molecule has 0 radical (unpaired) electrons. The number of halogens is 1. The summed E-state index contributed by atoms with van der Waals surface area (Å²) in [6.45, 7) is 4.47. The van der Waals surface area contributed by atoms with Gasteiger partial charge in [0, 0.05) is 5.02 Å². The van der Waals surface area contributed by atoms with Crippen molar-refractivity contribution in [1.29, 1.82) is 10.5 Å².